The molecule has 144 valence electrons. The monoisotopic (exact) mass is 362 g/mol. The van der Waals surface area contributed by atoms with Gasteiger partial charge in [-0.25, -0.2) is 4.98 Å². The molecule has 7 nitrogen and oxygen atoms in total. The summed E-state index contributed by atoms with van der Waals surface area (Å²) in [5.41, 5.74) is 0.917. The normalized spacial score (nSPS) is 20.9. The molecule has 7 heteroatoms. The highest BCUT2D eigenvalue weighted by molar-refractivity contribution is 5.83. The van der Waals surface area contributed by atoms with Crippen LogP contribution in [0.15, 0.2) is 12.5 Å². The van der Waals surface area contributed by atoms with Crippen molar-refractivity contribution in [2.24, 2.45) is 11.8 Å². The molecule has 2 aliphatic rings. The lowest BCUT2D eigenvalue weighted by molar-refractivity contribution is -0.135. The molecular weight excluding hydrogens is 332 g/mol. The summed E-state index contributed by atoms with van der Waals surface area (Å²) in [6.45, 7) is 7.39. The van der Waals surface area contributed by atoms with Crippen molar-refractivity contribution in [1.29, 1.82) is 0 Å². The Kier molecular flexibility index (Phi) is 6.29. The summed E-state index contributed by atoms with van der Waals surface area (Å²) in [6, 6.07) is -0.399. The Balaban J connectivity index is 1.61. The lowest BCUT2D eigenvalue weighted by atomic mass is 10.0. The van der Waals surface area contributed by atoms with Crippen molar-refractivity contribution in [3.8, 4) is 0 Å². The standard InChI is InChI=1S/C19H30N4O3/c1-14(2)3-4-18(24)22-11-16-10-20-13-23(16)17(12-22)19(25)21-9-15-5-7-26-8-6-15/h10,13-15,17H,3-9,11-12H2,1-2H3,(H,21,25)/t17-/m1/s1. The van der Waals surface area contributed by atoms with Crippen LogP contribution in [0.4, 0.5) is 0 Å². The fraction of sp³-hybridized carbons (Fsp3) is 0.737. The van der Waals surface area contributed by atoms with E-state index in [-0.39, 0.29) is 11.8 Å². The van der Waals surface area contributed by atoms with Gasteiger partial charge in [-0.15, -0.1) is 0 Å². The summed E-state index contributed by atoms with van der Waals surface area (Å²) in [5, 5.41) is 3.08. The molecule has 1 aromatic rings. The summed E-state index contributed by atoms with van der Waals surface area (Å²) in [7, 11) is 0. The lowest BCUT2D eigenvalue weighted by Crippen LogP contribution is -2.47. The number of carbonyl (C=O) groups excluding carboxylic acids is 2. The average Bonchev–Trinajstić information content (AvgIpc) is 3.12. The minimum absolute atomic E-state index is 0.0305. The number of hydrogen-bond donors (Lipinski definition) is 1. The fourth-order valence-corrected chi connectivity index (χ4v) is 3.57. The van der Waals surface area contributed by atoms with Gasteiger partial charge in [0.25, 0.3) is 0 Å². The van der Waals surface area contributed by atoms with Crippen LogP contribution >= 0.6 is 0 Å². The molecule has 0 saturated carbocycles. The molecule has 2 aliphatic heterocycles. The van der Waals surface area contributed by atoms with E-state index in [0.717, 1.165) is 38.2 Å². The van der Waals surface area contributed by atoms with Gasteiger partial charge in [0.15, 0.2) is 0 Å². The molecule has 0 bridgehead atoms. The number of aromatic nitrogens is 2. The summed E-state index contributed by atoms with van der Waals surface area (Å²) in [5.74, 6) is 1.06. The predicted octanol–water partition coefficient (Wildman–Crippen LogP) is 1.75. The molecule has 26 heavy (non-hydrogen) atoms. The van der Waals surface area contributed by atoms with Gasteiger partial charge in [-0.05, 0) is 31.1 Å². The number of rotatable bonds is 6. The second-order valence-corrected chi connectivity index (χ2v) is 7.82. The molecule has 2 amide bonds. The van der Waals surface area contributed by atoms with Gasteiger partial charge in [0, 0.05) is 32.4 Å². The minimum Gasteiger partial charge on any atom is -0.381 e. The molecule has 0 radical (unpaired) electrons. The van der Waals surface area contributed by atoms with Crippen molar-refractivity contribution in [2.75, 3.05) is 26.3 Å². The molecule has 0 aliphatic carbocycles. The first-order valence-electron chi connectivity index (χ1n) is 9.68. The smallest absolute Gasteiger partial charge is 0.244 e. The third kappa shape index (κ3) is 4.63. The molecule has 1 saturated heterocycles. The maximum Gasteiger partial charge on any atom is 0.244 e. The van der Waals surface area contributed by atoms with E-state index in [4.69, 9.17) is 4.74 Å². The van der Waals surface area contributed by atoms with E-state index in [2.05, 4.69) is 24.1 Å². The van der Waals surface area contributed by atoms with Crippen molar-refractivity contribution < 1.29 is 14.3 Å². The molecule has 0 unspecified atom stereocenters. The Hall–Kier alpha value is -1.89. The van der Waals surface area contributed by atoms with Crippen LogP contribution < -0.4 is 5.32 Å². The number of carbonyl (C=O) groups is 2. The quantitative estimate of drug-likeness (QED) is 0.836. The Morgan fingerprint density at radius 2 is 2.12 bits per heavy atom. The number of imidazole rings is 1. The van der Waals surface area contributed by atoms with Crippen LogP contribution in [0, 0.1) is 11.8 Å². The Bertz CT molecular complexity index is 622. The van der Waals surface area contributed by atoms with Gasteiger partial charge in [-0.3, -0.25) is 9.59 Å². The van der Waals surface area contributed by atoms with Crippen molar-refractivity contribution in [3.05, 3.63) is 18.2 Å². The van der Waals surface area contributed by atoms with Crippen molar-refractivity contribution >= 4 is 11.8 Å². The Labute approximate surface area is 155 Å². The van der Waals surface area contributed by atoms with E-state index >= 15 is 0 Å². The third-order valence-electron chi connectivity index (χ3n) is 5.32. The fourth-order valence-electron chi connectivity index (χ4n) is 3.57. The summed E-state index contributed by atoms with van der Waals surface area (Å²) >= 11 is 0. The third-order valence-corrected chi connectivity index (χ3v) is 5.32. The number of fused-ring (bicyclic) bond motifs is 1. The minimum atomic E-state index is -0.399. The van der Waals surface area contributed by atoms with Crippen LogP contribution in [0.25, 0.3) is 0 Å². The summed E-state index contributed by atoms with van der Waals surface area (Å²) in [4.78, 5) is 31.4. The maximum absolute atomic E-state index is 12.8. The van der Waals surface area contributed by atoms with Crippen molar-refractivity contribution in [3.63, 3.8) is 0 Å². The van der Waals surface area contributed by atoms with E-state index in [1.54, 1.807) is 17.4 Å². The average molecular weight is 362 g/mol. The second-order valence-electron chi connectivity index (χ2n) is 7.82. The topological polar surface area (TPSA) is 76.5 Å². The highest BCUT2D eigenvalue weighted by Crippen LogP contribution is 2.23. The summed E-state index contributed by atoms with van der Waals surface area (Å²) < 4.78 is 7.28. The van der Waals surface area contributed by atoms with E-state index in [1.807, 2.05) is 4.57 Å². The molecule has 3 heterocycles. The Morgan fingerprint density at radius 1 is 1.35 bits per heavy atom. The van der Waals surface area contributed by atoms with E-state index in [9.17, 15) is 9.59 Å². The zero-order valence-electron chi connectivity index (χ0n) is 15.8. The zero-order valence-corrected chi connectivity index (χ0v) is 15.8. The molecular formula is C19H30N4O3. The lowest BCUT2D eigenvalue weighted by Gasteiger charge is -2.34. The van der Waals surface area contributed by atoms with Crippen LogP contribution in [0.1, 0.15) is 51.3 Å². The van der Waals surface area contributed by atoms with Crippen LogP contribution in [-0.4, -0.2) is 52.6 Å². The van der Waals surface area contributed by atoms with Gasteiger partial charge < -0.3 is 19.5 Å². The van der Waals surface area contributed by atoms with Gasteiger partial charge in [0.05, 0.1) is 25.1 Å². The molecule has 0 spiro atoms. The second kappa shape index (κ2) is 8.66. The zero-order chi connectivity index (χ0) is 18.5. The van der Waals surface area contributed by atoms with Gasteiger partial charge in [0.1, 0.15) is 6.04 Å². The van der Waals surface area contributed by atoms with E-state index < -0.39 is 6.04 Å². The molecule has 1 atom stereocenters. The molecule has 1 fully saturated rings. The molecule has 3 rings (SSSR count). The first-order chi connectivity index (χ1) is 12.5. The Morgan fingerprint density at radius 3 is 2.85 bits per heavy atom. The summed E-state index contributed by atoms with van der Waals surface area (Å²) in [6.07, 6.45) is 6.82. The number of ether oxygens (including phenoxy) is 1. The first kappa shape index (κ1) is 18.9. The first-order valence-corrected chi connectivity index (χ1v) is 9.68. The molecule has 1 N–H and O–H groups in total. The predicted molar refractivity (Wildman–Crippen MR) is 97.3 cm³/mol. The number of hydrogen-bond acceptors (Lipinski definition) is 4. The van der Waals surface area contributed by atoms with Gasteiger partial charge in [-0.2, -0.15) is 0 Å². The maximum atomic E-state index is 12.8. The highest BCUT2D eigenvalue weighted by Gasteiger charge is 2.32. The van der Waals surface area contributed by atoms with Gasteiger partial charge in [-0.1, -0.05) is 13.8 Å². The van der Waals surface area contributed by atoms with E-state index in [0.29, 0.717) is 37.9 Å². The van der Waals surface area contributed by atoms with Crippen LogP contribution in [0.3, 0.4) is 0 Å². The largest absolute Gasteiger partial charge is 0.381 e. The molecule has 1 aromatic heterocycles. The van der Waals surface area contributed by atoms with Crippen LogP contribution in [-0.2, 0) is 20.9 Å². The van der Waals surface area contributed by atoms with Crippen LogP contribution in [0.5, 0.6) is 0 Å². The molecule has 0 aromatic carbocycles. The van der Waals surface area contributed by atoms with E-state index in [1.165, 1.54) is 0 Å². The number of nitrogens with zero attached hydrogens (tertiary/aromatic N) is 3. The van der Waals surface area contributed by atoms with Crippen molar-refractivity contribution in [2.45, 2.75) is 52.1 Å². The SMILES string of the molecule is CC(C)CCC(=O)N1Cc2cncn2[C@@H](C(=O)NCC2CCOCC2)C1. The van der Waals surface area contributed by atoms with Crippen LogP contribution in [0.2, 0.25) is 0 Å². The van der Waals surface area contributed by atoms with Gasteiger partial charge in [0.2, 0.25) is 11.8 Å². The number of amides is 2. The highest BCUT2D eigenvalue weighted by atomic mass is 16.5. The van der Waals surface area contributed by atoms with Crippen molar-refractivity contribution in [1.82, 2.24) is 19.8 Å². The number of nitrogens with one attached hydrogen (secondary N) is 1. The van der Waals surface area contributed by atoms with Gasteiger partial charge >= 0.3 is 0 Å².